The third-order valence-corrected chi connectivity index (χ3v) is 7.03. The van der Waals surface area contributed by atoms with Crippen LogP contribution in [0.1, 0.15) is 18.9 Å². The lowest BCUT2D eigenvalue weighted by Gasteiger charge is -2.50. The number of anilines is 2. The zero-order chi connectivity index (χ0) is 21.4. The van der Waals surface area contributed by atoms with Crippen LogP contribution >= 0.6 is 11.6 Å². The fourth-order valence-electron chi connectivity index (χ4n) is 3.59. The Morgan fingerprint density at radius 2 is 2.03 bits per heavy atom. The van der Waals surface area contributed by atoms with Crippen molar-refractivity contribution >= 4 is 33.1 Å². The summed E-state index contributed by atoms with van der Waals surface area (Å²) in [7, 11) is -0.0947. The van der Waals surface area contributed by atoms with Gasteiger partial charge in [-0.2, -0.15) is 0 Å². The van der Waals surface area contributed by atoms with E-state index in [9.17, 15) is 8.42 Å². The van der Waals surface area contributed by atoms with E-state index in [2.05, 4.69) is 21.5 Å². The summed E-state index contributed by atoms with van der Waals surface area (Å²) < 4.78 is 42.9. The van der Waals surface area contributed by atoms with E-state index >= 15 is 4.39 Å². The van der Waals surface area contributed by atoms with E-state index < -0.39 is 20.7 Å². The molecule has 0 spiro atoms. The van der Waals surface area contributed by atoms with Crippen molar-refractivity contribution in [2.24, 2.45) is 5.41 Å². The molecule has 0 unspecified atom stereocenters. The minimum Gasteiger partial charge on any atom is -0.369 e. The summed E-state index contributed by atoms with van der Waals surface area (Å²) in [5.74, 6) is -0.821. The van der Waals surface area contributed by atoms with Crippen molar-refractivity contribution in [3.05, 3.63) is 46.9 Å². The molecule has 0 radical (unpaired) electrons. The third-order valence-electron chi connectivity index (χ3n) is 5.15. The Hall–Kier alpha value is -1.90. The number of nitrogens with one attached hydrogen (secondary N) is 1. The third kappa shape index (κ3) is 4.65. The number of nitrogens with zero attached hydrogens (tertiary/aromatic N) is 3. The van der Waals surface area contributed by atoms with Gasteiger partial charge in [0.15, 0.2) is 5.82 Å². The van der Waals surface area contributed by atoms with Crippen LogP contribution in [0.5, 0.6) is 0 Å². The van der Waals surface area contributed by atoms with Crippen LogP contribution < -0.4 is 9.62 Å². The molecule has 0 saturated carbocycles. The lowest BCUT2D eigenvalue weighted by Crippen LogP contribution is -2.55. The van der Waals surface area contributed by atoms with Crippen molar-refractivity contribution in [3.8, 4) is 0 Å². The molecule has 29 heavy (non-hydrogen) atoms. The Bertz CT molecular complexity index is 993. The number of aromatic nitrogens is 1. The van der Waals surface area contributed by atoms with Crippen LogP contribution in [0.4, 0.5) is 15.9 Å². The highest BCUT2D eigenvalue weighted by atomic mass is 35.5. The highest BCUT2D eigenvalue weighted by Crippen LogP contribution is 2.42. The fourth-order valence-corrected chi connectivity index (χ4v) is 5.23. The van der Waals surface area contributed by atoms with Crippen molar-refractivity contribution in [3.63, 3.8) is 0 Å². The normalized spacial score (nSPS) is 16.0. The Morgan fingerprint density at radius 3 is 2.62 bits per heavy atom. The molecule has 2 heterocycles. The van der Waals surface area contributed by atoms with Crippen LogP contribution in [0.3, 0.4) is 0 Å². The number of hydrogen-bond acceptors (Lipinski definition) is 5. The second-order valence-electron chi connectivity index (χ2n) is 8.21. The van der Waals surface area contributed by atoms with E-state index in [4.69, 9.17) is 11.6 Å². The lowest BCUT2D eigenvalue weighted by molar-refractivity contribution is 0.196. The molecule has 0 amide bonds. The van der Waals surface area contributed by atoms with Gasteiger partial charge in [0.05, 0.1) is 5.69 Å². The smallest absolute Gasteiger partial charge is 0.266 e. The van der Waals surface area contributed by atoms with Crippen LogP contribution in [0.2, 0.25) is 5.02 Å². The number of pyridine rings is 1. The summed E-state index contributed by atoms with van der Waals surface area (Å²) in [5.41, 5.74) is 0.955. The van der Waals surface area contributed by atoms with Crippen LogP contribution in [-0.2, 0) is 10.0 Å². The topological polar surface area (TPSA) is 65.5 Å². The maximum Gasteiger partial charge on any atom is 0.266 e. The van der Waals surface area contributed by atoms with Gasteiger partial charge in [-0.3, -0.25) is 4.72 Å². The molecule has 9 heteroatoms. The van der Waals surface area contributed by atoms with Crippen LogP contribution in [0, 0.1) is 18.2 Å². The Kier molecular flexibility index (Phi) is 6.08. The van der Waals surface area contributed by atoms with Gasteiger partial charge in [0, 0.05) is 24.7 Å². The van der Waals surface area contributed by atoms with E-state index in [0.29, 0.717) is 11.3 Å². The van der Waals surface area contributed by atoms with Gasteiger partial charge in [-0.15, -0.1) is 0 Å². The average molecular weight is 441 g/mol. The van der Waals surface area contributed by atoms with Gasteiger partial charge in [0.2, 0.25) is 0 Å². The van der Waals surface area contributed by atoms with Gasteiger partial charge < -0.3 is 9.80 Å². The molecule has 1 aromatic carbocycles. The maximum absolute atomic E-state index is 15.1. The van der Waals surface area contributed by atoms with Crippen molar-refractivity contribution in [1.82, 2.24) is 9.88 Å². The van der Waals surface area contributed by atoms with Crippen molar-refractivity contribution < 1.29 is 12.8 Å². The summed E-state index contributed by atoms with van der Waals surface area (Å²) in [6, 6.07) is 6.44. The van der Waals surface area contributed by atoms with Gasteiger partial charge in [-0.05, 0) is 57.7 Å². The van der Waals surface area contributed by atoms with Crippen molar-refractivity contribution in [1.29, 1.82) is 0 Å². The lowest BCUT2D eigenvalue weighted by atomic mass is 9.78. The molecule has 1 saturated heterocycles. The zero-order valence-electron chi connectivity index (χ0n) is 17.0. The largest absolute Gasteiger partial charge is 0.369 e. The molecule has 1 aliphatic rings. The molecule has 1 fully saturated rings. The number of benzene rings is 1. The molecule has 2 aromatic rings. The number of hydrogen-bond donors (Lipinski definition) is 1. The number of aryl methyl sites for hydroxylation is 1. The maximum atomic E-state index is 15.1. The predicted octanol–water partition coefficient (Wildman–Crippen LogP) is 3.76. The quantitative estimate of drug-likeness (QED) is 0.710. The van der Waals surface area contributed by atoms with Gasteiger partial charge in [-0.25, -0.2) is 17.8 Å². The van der Waals surface area contributed by atoms with Crippen molar-refractivity contribution in [2.75, 3.05) is 43.4 Å². The molecule has 3 rings (SSSR count). The SMILES string of the molecule is Cc1cc(N2CC(C)(CCN(C)C)C2)c(Cl)c(F)c1S(=O)(=O)Nc1ccccn1. The second-order valence-corrected chi connectivity index (χ2v) is 10.2. The molecular weight excluding hydrogens is 415 g/mol. The summed E-state index contributed by atoms with van der Waals surface area (Å²) in [6.45, 7) is 6.23. The minimum atomic E-state index is -4.17. The predicted molar refractivity (Wildman–Crippen MR) is 115 cm³/mol. The molecular formula is C20H26ClFN4O2S. The molecule has 0 bridgehead atoms. The highest BCUT2D eigenvalue weighted by Gasteiger charge is 2.40. The summed E-state index contributed by atoms with van der Waals surface area (Å²) in [6.07, 6.45) is 2.48. The monoisotopic (exact) mass is 440 g/mol. The standard InChI is InChI=1S/C20H26ClFN4O2S/c1-14-11-15(26-12-20(2,13-26)8-10-25(3)4)17(21)18(22)19(14)29(27,28)24-16-7-5-6-9-23-16/h5-7,9,11H,8,10,12-13H2,1-4H3,(H,23,24). The van der Waals surface area contributed by atoms with Gasteiger partial charge in [0.25, 0.3) is 10.0 Å². The Labute approximate surface area is 176 Å². The van der Waals surface area contributed by atoms with Gasteiger partial charge in [-0.1, -0.05) is 24.6 Å². The molecule has 6 nitrogen and oxygen atoms in total. The minimum absolute atomic E-state index is 0.117. The number of halogens is 2. The van der Waals surface area contributed by atoms with E-state index in [1.807, 2.05) is 19.0 Å². The van der Waals surface area contributed by atoms with E-state index in [-0.39, 0.29) is 16.3 Å². The summed E-state index contributed by atoms with van der Waals surface area (Å²) >= 11 is 6.27. The Balaban J connectivity index is 1.84. The zero-order valence-corrected chi connectivity index (χ0v) is 18.6. The first kappa shape index (κ1) is 21.8. The molecule has 1 N–H and O–H groups in total. The molecule has 0 atom stereocenters. The molecule has 1 aliphatic heterocycles. The van der Waals surface area contributed by atoms with Crippen LogP contribution in [0.15, 0.2) is 35.4 Å². The Morgan fingerprint density at radius 1 is 1.34 bits per heavy atom. The first-order chi connectivity index (χ1) is 13.5. The molecule has 1 aromatic heterocycles. The first-order valence-corrected chi connectivity index (χ1v) is 11.2. The average Bonchev–Trinajstić information content (AvgIpc) is 2.61. The van der Waals surface area contributed by atoms with Crippen LogP contribution in [-0.4, -0.2) is 52.0 Å². The molecule has 0 aliphatic carbocycles. The second kappa shape index (κ2) is 8.08. The first-order valence-electron chi connectivity index (χ1n) is 9.34. The number of rotatable bonds is 7. The van der Waals surface area contributed by atoms with Gasteiger partial charge >= 0.3 is 0 Å². The van der Waals surface area contributed by atoms with E-state index in [0.717, 1.165) is 26.1 Å². The van der Waals surface area contributed by atoms with Crippen LogP contribution in [0.25, 0.3) is 0 Å². The summed E-state index contributed by atoms with van der Waals surface area (Å²) in [5, 5.41) is -0.174. The molecule has 158 valence electrons. The fraction of sp³-hybridized carbons (Fsp3) is 0.450. The van der Waals surface area contributed by atoms with E-state index in [1.54, 1.807) is 25.1 Å². The summed E-state index contributed by atoms with van der Waals surface area (Å²) in [4.78, 5) is 7.61. The number of sulfonamides is 1. The van der Waals surface area contributed by atoms with Crippen molar-refractivity contribution in [2.45, 2.75) is 25.2 Å². The highest BCUT2D eigenvalue weighted by molar-refractivity contribution is 7.92. The van der Waals surface area contributed by atoms with E-state index in [1.165, 1.54) is 12.3 Å². The van der Waals surface area contributed by atoms with Gasteiger partial charge in [0.1, 0.15) is 15.7 Å².